The summed E-state index contributed by atoms with van der Waals surface area (Å²) < 4.78 is 10.6. The topological polar surface area (TPSA) is 132 Å². The van der Waals surface area contributed by atoms with Crippen molar-refractivity contribution in [2.45, 2.75) is 58.4 Å². The van der Waals surface area contributed by atoms with Crippen LogP contribution in [0.25, 0.3) is 0 Å². The number of nitriles is 1. The Morgan fingerprint density at radius 1 is 1.29 bits per heavy atom. The standard InChI is InChI=1S/C24H34BN3O6/c1-24(2,3)13-18(15-26)22(29)28-12-6-5-7-19(28)16-34-23(30)27-21(14-25(31)32)17-8-10-20(33-4)11-9-17/h8-11,13,19,21,31-32H,5-7,12,14,16H2,1-4H3,(H,27,30)/t19-,21-/m1/s1. The molecule has 1 aromatic carbocycles. The Hall–Kier alpha value is -3.03. The SMILES string of the molecule is COc1ccc([C@@H](CB(O)O)NC(=O)OC[C@H]2CCCCN2C(=O)C(C#N)=CC(C)(C)C)cc1. The first-order valence-corrected chi connectivity index (χ1v) is 11.4. The molecule has 1 fully saturated rings. The second kappa shape index (κ2) is 12.4. The summed E-state index contributed by atoms with van der Waals surface area (Å²) in [5.41, 5.74) is 0.419. The molecule has 2 atom stereocenters. The van der Waals surface area contributed by atoms with Gasteiger partial charge in [0.05, 0.1) is 19.2 Å². The van der Waals surface area contributed by atoms with Gasteiger partial charge >= 0.3 is 13.2 Å². The fourth-order valence-electron chi connectivity index (χ4n) is 3.85. The van der Waals surface area contributed by atoms with E-state index in [-0.39, 0.29) is 35.9 Å². The molecule has 10 heteroatoms. The molecule has 0 aromatic heterocycles. The van der Waals surface area contributed by atoms with Crippen LogP contribution < -0.4 is 10.1 Å². The van der Waals surface area contributed by atoms with Gasteiger partial charge in [-0.2, -0.15) is 5.26 Å². The van der Waals surface area contributed by atoms with Crippen LogP contribution in [0.3, 0.4) is 0 Å². The second-order valence-corrected chi connectivity index (χ2v) is 9.47. The molecule has 1 aromatic rings. The van der Waals surface area contributed by atoms with E-state index in [1.165, 1.54) is 7.11 Å². The van der Waals surface area contributed by atoms with Gasteiger partial charge in [-0.1, -0.05) is 39.0 Å². The van der Waals surface area contributed by atoms with Crippen molar-refractivity contribution in [2.24, 2.45) is 5.41 Å². The molecule has 1 aliphatic rings. The summed E-state index contributed by atoms with van der Waals surface area (Å²) >= 11 is 0. The first-order valence-electron chi connectivity index (χ1n) is 11.4. The minimum Gasteiger partial charge on any atom is -0.497 e. The number of amides is 2. The van der Waals surface area contributed by atoms with Gasteiger partial charge in [-0.25, -0.2) is 4.79 Å². The molecule has 184 valence electrons. The van der Waals surface area contributed by atoms with Crippen molar-refractivity contribution < 1.29 is 29.1 Å². The summed E-state index contributed by atoms with van der Waals surface area (Å²) in [5.74, 6) is 0.277. The number of hydrogen-bond acceptors (Lipinski definition) is 7. The van der Waals surface area contributed by atoms with Crippen molar-refractivity contribution in [1.82, 2.24) is 10.2 Å². The van der Waals surface area contributed by atoms with Crippen LogP contribution >= 0.6 is 0 Å². The molecule has 2 rings (SSSR count). The van der Waals surface area contributed by atoms with E-state index >= 15 is 0 Å². The van der Waals surface area contributed by atoms with Gasteiger partial charge in [0.15, 0.2) is 0 Å². The first-order chi connectivity index (χ1) is 16.0. The van der Waals surface area contributed by atoms with E-state index in [1.807, 2.05) is 26.8 Å². The maximum absolute atomic E-state index is 13.0. The Morgan fingerprint density at radius 2 is 1.97 bits per heavy atom. The minimum atomic E-state index is -1.63. The van der Waals surface area contributed by atoms with E-state index in [9.17, 15) is 24.9 Å². The zero-order chi connectivity index (χ0) is 25.3. The molecular formula is C24H34BN3O6. The lowest BCUT2D eigenvalue weighted by atomic mass is 9.79. The fourth-order valence-corrected chi connectivity index (χ4v) is 3.85. The lowest BCUT2D eigenvalue weighted by molar-refractivity contribution is -0.131. The highest BCUT2D eigenvalue weighted by Crippen LogP contribution is 2.24. The quantitative estimate of drug-likeness (QED) is 0.302. The van der Waals surface area contributed by atoms with Gasteiger partial charge in [0, 0.05) is 12.9 Å². The average Bonchev–Trinajstić information content (AvgIpc) is 2.79. The zero-order valence-electron chi connectivity index (χ0n) is 20.3. The highest BCUT2D eigenvalue weighted by Gasteiger charge is 2.31. The van der Waals surface area contributed by atoms with Gasteiger partial charge in [0.25, 0.3) is 5.91 Å². The largest absolute Gasteiger partial charge is 0.497 e. The van der Waals surface area contributed by atoms with Crippen LogP contribution in [0, 0.1) is 16.7 Å². The predicted molar refractivity (Wildman–Crippen MR) is 128 cm³/mol. The Labute approximate surface area is 201 Å². The molecule has 1 heterocycles. The number of rotatable bonds is 8. The van der Waals surface area contributed by atoms with Crippen LogP contribution in [0.4, 0.5) is 4.79 Å². The summed E-state index contributed by atoms with van der Waals surface area (Å²) in [5, 5.41) is 31.1. The maximum Gasteiger partial charge on any atom is 0.453 e. The number of allylic oxidation sites excluding steroid dienone is 1. The van der Waals surface area contributed by atoms with Gasteiger partial charge in [0.1, 0.15) is 24.0 Å². The number of piperidine rings is 1. The summed E-state index contributed by atoms with van der Waals surface area (Å²) in [6, 6.07) is 7.84. The van der Waals surface area contributed by atoms with Gasteiger partial charge in [-0.05, 0) is 42.4 Å². The molecular weight excluding hydrogens is 437 g/mol. The third-order valence-corrected chi connectivity index (χ3v) is 5.48. The summed E-state index contributed by atoms with van der Waals surface area (Å²) in [4.78, 5) is 27.2. The molecule has 0 bridgehead atoms. The highest BCUT2D eigenvalue weighted by molar-refractivity contribution is 6.41. The fraction of sp³-hybridized carbons (Fsp3) is 0.542. The lowest BCUT2D eigenvalue weighted by Crippen LogP contribution is -2.47. The van der Waals surface area contributed by atoms with Crippen molar-refractivity contribution >= 4 is 19.1 Å². The van der Waals surface area contributed by atoms with Crippen LogP contribution in [0.1, 0.15) is 51.6 Å². The van der Waals surface area contributed by atoms with E-state index < -0.39 is 19.3 Å². The number of nitrogens with one attached hydrogen (secondary N) is 1. The van der Waals surface area contributed by atoms with Crippen molar-refractivity contribution in [3.63, 3.8) is 0 Å². The summed E-state index contributed by atoms with van der Waals surface area (Å²) in [6.45, 7) is 6.22. The average molecular weight is 471 g/mol. The lowest BCUT2D eigenvalue weighted by Gasteiger charge is -2.35. The molecule has 34 heavy (non-hydrogen) atoms. The Morgan fingerprint density at radius 3 is 2.53 bits per heavy atom. The number of likely N-dealkylation sites (tertiary alicyclic amines) is 1. The van der Waals surface area contributed by atoms with E-state index in [0.717, 1.165) is 12.8 Å². The minimum absolute atomic E-state index is 0.0250. The number of carbonyl (C=O) groups excluding carboxylic acids is 2. The normalized spacial score (nSPS) is 17.4. The van der Waals surface area contributed by atoms with Crippen LogP contribution in [0.15, 0.2) is 35.9 Å². The third-order valence-electron chi connectivity index (χ3n) is 5.48. The number of hydrogen-bond donors (Lipinski definition) is 3. The monoisotopic (exact) mass is 471 g/mol. The second-order valence-electron chi connectivity index (χ2n) is 9.47. The molecule has 1 saturated heterocycles. The van der Waals surface area contributed by atoms with Crippen LogP contribution in [-0.4, -0.2) is 60.4 Å². The van der Waals surface area contributed by atoms with Gasteiger partial charge in [-0.3, -0.25) is 4.79 Å². The van der Waals surface area contributed by atoms with Crippen LogP contribution in [0.5, 0.6) is 5.75 Å². The van der Waals surface area contributed by atoms with Gasteiger partial charge in [0.2, 0.25) is 0 Å². The third kappa shape index (κ3) is 8.39. The van der Waals surface area contributed by atoms with E-state index in [4.69, 9.17) is 9.47 Å². The van der Waals surface area contributed by atoms with Crippen molar-refractivity contribution in [2.75, 3.05) is 20.3 Å². The van der Waals surface area contributed by atoms with Crippen LogP contribution in [-0.2, 0) is 9.53 Å². The number of carbonyl (C=O) groups is 2. The van der Waals surface area contributed by atoms with Crippen molar-refractivity contribution in [3.05, 3.63) is 41.5 Å². The molecule has 2 amide bonds. The molecule has 1 aliphatic heterocycles. The van der Waals surface area contributed by atoms with Crippen molar-refractivity contribution in [1.29, 1.82) is 5.26 Å². The summed E-state index contributed by atoms with van der Waals surface area (Å²) in [7, 11) is -0.0879. The number of ether oxygens (including phenoxy) is 2. The zero-order valence-corrected chi connectivity index (χ0v) is 20.3. The molecule has 0 unspecified atom stereocenters. The molecule has 9 nitrogen and oxygen atoms in total. The number of alkyl carbamates (subject to hydrolysis) is 1. The number of nitrogens with zero attached hydrogens (tertiary/aromatic N) is 2. The van der Waals surface area contributed by atoms with Gasteiger partial charge < -0.3 is 29.7 Å². The van der Waals surface area contributed by atoms with Crippen molar-refractivity contribution in [3.8, 4) is 11.8 Å². The number of methoxy groups -OCH3 is 1. The molecule has 0 spiro atoms. The number of benzene rings is 1. The summed E-state index contributed by atoms with van der Waals surface area (Å²) in [6.07, 6.45) is 3.16. The smallest absolute Gasteiger partial charge is 0.453 e. The van der Waals surface area contributed by atoms with E-state index in [1.54, 1.807) is 35.2 Å². The Balaban J connectivity index is 2.05. The molecule has 0 aliphatic carbocycles. The van der Waals surface area contributed by atoms with Gasteiger partial charge in [-0.15, -0.1) is 0 Å². The predicted octanol–water partition coefficient (Wildman–Crippen LogP) is 2.81. The first kappa shape index (κ1) is 27.2. The molecule has 3 N–H and O–H groups in total. The highest BCUT2D eigenvalue weighted by atomic mass is 16.5. The molecule has 0 radical (unpaired) electrons. The Kier molecular flexibility index (Phi) is 9.96. The molecule has 0 saturated carbocycles. The van der Waals surface area contributed by atoms with E-state index in [0.29, 0.717) is 24.3 Å². The maximum atomic E-state index is 13.0. The van der Waals surface area contributed by atoms with Crippen LogP contribution in [0.2, 0.25) is 6.32 Å². The Bertz CT molecular complexity index is 905. The van der Waals surface area contributed by atoms with E-state index in [2.05, 4.69) is 5.32 Å².